The molecule has 0 spiro atoms. The Morgan fingerprint density at radius 3 is 2.68 bits per heavy atom. The lowest BCUT2D eigenvalue weighted by molar-refractivity contribution is -0.122. The standard InChI is InChI=1S/C20H30FN3O/c1-23(2)16-9-12-24(13-16)14-19(25)22-15-20(10-5-6-11-20)17-7-3-4-8-18(17)21/h3-4,7-8,16H,5-6,9-15H2,1-2H3,(H,22,25). The van der Waals surface area contributed by atoms with Crippen LogP contribution in [0.1, 0.15) is 37.7 Å². The first kappa shape index (κ1) is 18.3. The van der Waals surface area contributed by atoms with E-state index in [-0.39, 0.29) is 17.1 Å². The van der Waals surface area contributed by atoms with Gasteiger partial charge in [0.25, 0.3) is 0 Å². The second kappa shape index (κ2) is 7.83. The minimum Gasteiger partial charge on any atom is -0.354 e. The van der Waals surface area contributed by atoms with Crippen molar-refractivity contribution in [2.75, 3.05) is 40.3 Å². The monoisotopic (exact) mass is 347 g/mol. The number of carbonyl (C=O) groups is 1. The molecule has 1 aliphatic carbocycles. The lowest BCUT2D eigenvalue weighted by Gasteiger charge is -2.30. The van der Waals surface area contributed by atoms with Gasteiger partial charge >= 0.3 is 0 Å². The first-order chi connectivity index (χ1) is 12.0. The Bertz CT molecular complexity index is 598. The van der Waals surface area contributed by atoms with Gasteiger partial charge < -0.3 is 10.2 Å². The van der Waals surface area contributed by atoms with E-state index in [0.29, 0.717) is 19.1 Å². The molecule has 1 heterocycles. The van der Waals surface area contributed by atoms with E-state index in [1.807, 2.05) is 12.1 Å². The van der Waals surface area contributed by atoms with E-state index >= 15 is 0 Å². The van der Waals surface area contributed by atoms with Crippen molar-refractivity contribution in [2.45, 2.75) is 43.6 Å². The number of nitrogens with one attached hydrogen (secondary N) is 1. The Labute approximate surface area is 150 Å². The molecule has 1 saturated heterocycles. The Hall–Kier alpha value is -1.46. The minimum atomic E-state index is -0.238. The summed E-state index contributed by atoms with van der Waals surface area (Å²) < 4.78 is 14.3. The second-order valence-electron chi connectivity index (χ2n) is 7.89. The van der Waals surface area contributed by atoms with Crippen LogP contribution in [-0.2, 0) is 10.2 Å². The van der Waals surface area contributed by atoms with Crippen LogP contribution in [0.15, 0.2) is 24.3 Å². The van der Waals surface area contributed by atoms with E-state index < -0.39 is 0 Å². The lowest BCUT2D eigenvalue weighted by Crippen LogP contribution is -2.44. The summed E-state index contributed by atoms with van der Waals surface area (Å²) in [6.07, 6.45) is 5.20. The highest BCUT2D eigenvalue weighted by atomic mass is 19.1. The van der Waals surface area contributed by atoms with Crippen LogP contribution in [0.5, 0.6) is 0 Å². The average Bonchev–Trinajstić information content (AvgIpc) is 3.23. The largest absolute Gasteiger partial charge is 0.354 e. The Balaban J connectivity index is 1.57. The van der Waals surface area contributed by atoms with Gasteiger partial charge in [-0.3, -0.25) is 9.69 Å². The summed E-state index contributed by atoms with van der Waals surface area (Å²) in [6, 6.07) is 7.57. The molecule has 0 aromatic heterocycles. The quantitative estimate of drug-likeness (QED) is 0.858. The van der Waals surface area contributed by atoms with Crippen molar-refractivity contribution in [1.82, 2.24) is 15.1 Å². The number of likely N-dealkylation sites (N-methyl/N-ethyl adjacent to an activating group) is 1. The van der Waals surface area contributed by atoms with Gasteiger partial charge in [0.15, 0.2) is 0 Å². The Morgan fingerprint density at radius 1 is 1.32 bits per heavy atom. The lowest BCUT2D eigenvalue weighted by atomic mass is 9.78. The second-order valence-corrected chi connectivity index (χ2v) is 7.89. The van der Waals surface area contributed by atoms with Crippen LogP contribution < -0.4 is 5.32 Å². The number of halogens is 1. The fourth-order valence-electron chi connectivity index (χ4n) is 4.39. The summed E-state index contributed by atoms with van der Waals surface area (Å²) in [5.74, 6) is -0.0889. The van der Waals surface area contributed by atoms with E-state index in [0.717, 1.165) is 50.8 Å². The zero-order chi connectivity index (χ0) is 17.9. The zero-order valence-corrected chi connectivity index (χ0v) is 15.4. The molecule has 138 valence electrons. The van der Waals surface area contributed by atoms with Gasteiger partial charge in [0, 0.05) is 31.1 Å². The van der Waals surface area contributed by atoms with Gasteiger partial charge in [-0.1, -0.05) is 31.0 Å². The van der Waals surface area contributed by atoms with Crippen molar-refractivity contribution in [1.29, 1.82) is 0 Å². The summed E-state index contributed by atoms with van der Waals surface area (Å²) >= 11 is 0. The molecular weight excluding hydrogens is 317 g/mol. The normalized spacial score (nSPS) is 23.3. The fourth-order valence-corrected chi connectivity index (χ4v) is 4.39. The third kappa shape index (κ3) is 4.21. The molecule has 1 aromatic rings. The van der Waals surface area contributed by atoms with E-state index in [9.17, 15) is 9.18 Å². The van der Waals surface area contributed by atoms with Crippen LogP contribution in [-0.4, -0.2) is 62.0 Å². The molecule has 1 saturated carbocycles. The highest BCUT2D eigenvalue weighted by molar-refractivity contribution is 5.78. The van der Waals surface area contributed by atoms with Crippen molar-refractivity contribution in [3.63, 3.8) is 0 Å². The summed E-state index contributed by atoms with van der Waals surface area (Å²) in [6.45, 7) is 2.89. The van der Waals surface area contributed by atoms with E-state index in [2.05, 4.69) is 29.2 Å². The van der Waals surface area contributed by atoms with Gasteiger partial charge in [-0.05, 0) is 45.0 Å². The zero-order valence-electron chi connectivity index (χ0n) is 15.4. The molecule has 1 aromatic carbocycles. The van der Waals surface area contributed by atoms with Crippen molar-refractivity contribution >= 4 is 5.91 Å². The summed E-state index contributed by atoms with van der Waals surface area (Å²) in [4.78, 5) is 16.9. The van der Waals surface area contributed by atoms with Crippen molar-refractivity contribution in [3.05, 3.63) is 35.6 Å². The number of hydrogen-bond acceptors (Lipinski definition) is 3. The van der Waals surface area contributed by atoms with Crippen LogP contribution in [0.25, 0.3) is 0 Å². The van der Waals surface area contributed by atoms with Crippen LogP contribution >= 0.6 is 0 Å². The van der Waals surface area contributed by atoms with Gasteiger partial charge in [-0.25, -0.2) is 4.39 Å². The molecule has 1 amide bonds. The first-order valence-electron chi connectivity index (χ1n) is 9.41. The van der Waals surface area contributed by atoms with Gasteiger partial charge in [0.2, 0.25) is 5.91 Å². The predicted molar refractivity (Wildman–Crippen MR) is 98.1 cm³/mol. The minimum absolute atomic E-state index is 0.0574. The molecule has 2 fully saturated rings. The van der Waals surface area contributed by atoms with Crippen LogP contribution in [0.2, 0.25) is 0 Å². The highest BCUT2D eigenvalue weighted by Crippen LogP contribution is 2.41. The first-order valence-corrected chi connectivity index (χ1v) is 9.41. The van der Waals surface area contributed by atoms with Crippen LogP contribution in [0.3, 0.4) is 0 Å². The summed E-state index contributed by atoms with van der Waals surface area (Å²) in [5, 5.41) is 3.10. The number of nitrogens with zero attached hydrogens (tertiary/aromatic N) is 2. The Kier molecular flexibility index (Phi) is 5.74. The van der Waals surface area contributed by atoms with E-state index in [4.69, 9.17) is 0 Å². The third-order valence-corrected chi connectivity index (χ3v) is 5.97. The smallest absolute Gasteiger partial charge is 0.234 e. The third-order valence-electron chi connectivity index (χ3n) is 5.97. The van der Waals surface area contributed by atoms with Gasteiger partial charge in [0.1, 0.15) is 5.82 Å². The maximum Gasteiger partial charge on any atom is 0.234 e. The number of benzene rings is 1. The van der Waals surface area contributed by atoms with E-state index in [1.54, 1.807) is 6.07 Å². The number of amides is 1. The fraction of sp³-hybridized carbons (Fsp3) is 0.650. The molecule has 1 atom stereocenters. The molecule has 5 heteroatoms. The van der Waals surface area contributed by atoms with Gasteiger partial charge in [-0.2, -0.15) is 0 Å². The molecule has 2 aliphatic rings. The SMILES string of the molecule is CN(C)C1CCN(CC(=O)NCC2(c3ccccc3F)CCCC2)C1. The van der Waals surface area contributed by atoms with Crippen molar-refractivity contribution < 1.29 is 9.18 Å². The molecule has 1 unspecified atom stereocenters. The predicted octanol–water partition coefficient (Wildman–Crippen LogP) is 2.39. The molecule has 1 aliphatic heterocycles. The molecule has 4 nitrogen and oxygen atoms in total. The number of hydrogen-bond donors (Lipinski definition) is 1. The maximum atomic E-state index is 14.3. The molecular formula is C20H30FN3O. The number of carbonyl (C=O) groups excluding carboxylic acids is 1. The topological polar surface area (TPSA) is 35.6 Å². The molecule has 0 radical (unpaired) electrons. The molecule has 0 bridgehead atoms. The van der Waals surface area contributed by atoms with Gasteiger partial charge in [0.05, 0.1) is 6.54 Å². The maximum absolute atomic E-state index is 14.3. The van der Waals surface area contributed by atoms with E-state index in [1.165, 1.54) is 6.07 Å². The van der Waals surface area contributed by atoms with Crippen LogP contribution in [0.4, 0.5) is 4.39 Å². The molecule has 1 N–H and O–H groups in total. The molecule has 25 heavy (non-hydrogen) atoms. The number of likely N-dealkylation sites (tertiary alicyclic amines) is 1. The summed E-state index contributed by atoms with van der Waals surface area (Å²) in [5.41, 5.74) is 0.527. The average molecular weight is 347 g/mol. The molecule has 3 rings (SSSR count). The van der Waals surface area contributed by atoms with Crippen molar-refractivity contribution in [2.24, 2.45) is 0 Å². The highest BCUT2D eigenvalue weighted by Gasteiger charge is 2.38. The van der Waals surface area contributed by atoms with Crippen molar-refractivity contribution in [3.8, 4) is 0 Å². The summed E-state index contributed by atoms with van der Waals surface area (Å²) in [7, 11) is 4.18. The Morgan fingerprint density at radius 2 is 2.04 bits per heavy atom. The number of rotatable bonds is 6. The van der Waals surface area contributed by atoms with Crippen LogP contribution in [0, 0.1) is 5.82 Å². The van der Waals surface area contributed by atoms with Gasteiger partial charge in [-0.15, -0.1) is 0 Å².